The highest BCUT2D eigenvalue weighted by Gasteiger charge is 2.09. The Morgan fingerprint density at radius 1 is 1.43 bits per heavy atom. The van der Waals surface area contributed by atoms with Gasteiger partial charge in [-0.3, -0.25) is 0 Å². The first-order valence-electron chi connectivity index (χ1n) is 6.22. The molecule has 21 heavy (non-hydrogen) atoms. The third-order valence-corrected chi connectivity index (χ3v) is 3.17. The molecule has 0 bridgehead atoms. The Labute approximate surface area is 128 Å². The predicted molar refractivity (Wildman–Crippen MR) is 82.6 cm³/mol. The molecule has 6 nitrogen and oxygen atoms in total. The lowest BCUT2D eigenvalue weighted by atomic mass is 10.1. The van der Waals surface area contributed by atoms with Gasteiger partial charge in [0.2, 0.25) is 0 Å². The van der Waals surface area contributed by atoms with E-state index in [9.17, 15) is 9.59 Å². The van der Waals surface area contributed by atoms with Crippen LogP contribution >= 0.6 is 15.9 Å². The summed E-state index contributed by atoms with van der Waals surface area (Å²) in [5, 5.41) is 4.58. The van der Waals surface area contributed by atoms with Crippen molar-refractivity contribution >= 4 is 38.7 Å². The van der Waals surface area contributed by atoms with Crippen molar-refractivity contribution in [3.8, 4) is 0 Å². The van der Waals surface area contributed by atoms with Crippen LogP contribution in [0.25, 0.3) is 11.0 Å². The summed E-state index contributed by atoms with van der Waals surface area (Å²) in [5.74, 6) is 0. The second-order valence-corrected chi connectivity index (χ2v) is 5.07. The summed E-state index contributed by atoms with van der Waals surface area (Å²) in [6, 6.07) is 6.98. The van der Waals surface area contributed by atoms with E-state index in [1.807, 2.05) is 6.07 Å². The third kappa shape index (κ3) is 3.69. The molecule has 0 aliphatic heterocycles. The molecule has 1 heterocycles. The number of benzene rings is 1. The van der Waals surface area contributed by atoms with Gasteiger partial charge in [-0.2, -0.15) is 5.10 Å². The Morgan fingerprint density at radius 2 is 2.19 bits per heavy atom. The van der Waals surface area contributed by atoms with Crippen LogP contribution in [0.5, 0.6) is 0 Å². The smallest absolute Gasteiger partial charge is 0.427 e. The summed E-state index contributed by atoms with van der Waals surface area (Å²) in [5.41, 5.74) is 2.78. The number of fused-ring (bicyclic) bond motifs is 1. The quantitative estimate of drug-likeness (QED) is 0.523. The molecule has 110 valence electrons. The summed E-state index contributed by atoms with van der Waals surface area (Å²) >= 11 is 3.36. The topological polar surface area (TPSA) is 80.9 Å². The monoisotopic (exact) mass is 352 g/mol. The number of carbonyl (C=O) groups is 1. The molecule has 0 aliphatic rings. The van der Waals surface area contributed by atoms with Crippen LogP contribution < -0.4 is 11.1 Å². The SMILES string of the molecule is CCOC(=O)N/N=C(/C)c1cc2cc(Br)ccc2oc1=O. The molecule has 0 spiro atoms. The van der Waals surface area contributed by atoms with Crippen molar-refractivity contribution in [1.82, 2.24) is 5.43 Å². The van der Waals surface area contributed by atoms with Gasteiger partial charge in [0.25, 0.3) is 0 Å². The second-order valence-electron chi connectivity index (χ2n) is 4.16. The van der Waals surface area contributed by atoms with Gasteiger partial charge in [-0.1, -0.05) is 15.9 Å². The van der Waals surface area contributed by atoms with E-state index < -0.39 is 11.7 Å². The molecule has 7 heteroatoms. The molecule has 2 rings (SSSR count). The number of ether oxygens (including phenoxy) is 1. The van der Waals surface area contributed by atoms with E-state index in [0.717, 1.165) is 9.86 Å². The van der Waals surface area contributed by atoms with E-state index in [4.69, 9.17) is 4.42 Å². The number of amides is 1. The van der Waals surface area contributed by atoms with E-state index in [1.165, 1.54) is 0 Å². The molecule has 2 aromatic rings. The maximum absolute atomic E-state index is 11.9. The summed E-state index contributed by atoms with van der Waals surface area (Å²) in [7, 11) is 0. The summed E-state index contributed by atoms with van der Waals surface area (Å²) in [6.45, 7) is 3.53. The van der Waals surface area contributed by atoms with Crippen molar-refractivity contribution < 1.29 is 13.9 Å². The molecule has 0 fully saturated rings. The van der Waals surface area contributed by atoms with Crippen molar-refractivity contribution in [1.29, 1.82) is 0 Å². The molecule has 1 N–H and O–H groups in total. The van der Waals surface area contributed by atoms with Gasteiger partial charge in [0, 0.05) is 9.86 Å². The lowest BCUT2D eigenvalue weighted by Crippen LogP contribution is -2.22. The van der Waals surface area contributed by atoms with Gasteiger partial charge in [0.05, 0.1) is 17.9 Å². The minimum atomic E-state index is -0.676. The van der Waals surface area contributed by atoms with Crippen LogP contribution in [0.2, 0.25) is 0 Å². The van der Waals surface area contributed by atoms with Gasteiger partial charge in [0.15, 0.2) is 0 Å². The van der Waals surface area contributed by atoms with Crippen molar-refractivity contribution in [2.75, 3.05) is 6.61 Å². The summed E-state index contributed by atoms with van der Waals surface area (Å²) < 4.78 is 10.8. The maximum Gasteiger partial charge on any atom is 0.427 e. The van der Waals surface area contributed by atoms with Crippen LogP contribution in [0.15, 0.2) is 43.1 Å². The second kappa shape index (κ2) is 6.53. The van der Waals surface area contributed by atoms with E-state index in [-0.39, 0.29) is 12.2 Å². The molecule has 0 atom stereocenters. The molecule has 0 radical (unpaired) electrons. The van der Waals surface area contributed by atoms with E-state index in [2.05, 4.69) is 31.2 Å². The fourth-order valence-electron chi connectivity index (χ4n) is 1.70. The first-order valence-corrected chi connectivity index (χ1v) is 7.01. The lowest BCUT2D eigenvalue weighted by Gasteiger charge is -2.03. The minimum absolute atomic E-state index is 0.243. The maximum atomic E-state index is 11.9. The number of rotatable bonds is 3. The Hall–Kier alpha value is -2.15. The number of halogens is 1. The summed E-state index contributed by atoms with van der Waals surface area (Å²) in [4.78, 5) is 23.1. The van der Waals surface area contributed by atoms with Gasteiger partial charge in [-0.25, -0.2) is 15.0 Å². The molecule has 0 saturated heterocycles. The average molecular weight is 353 g/mol. The van der Waals surface area contributed by atoms with Gasteiger partial charge in [0.1, 0.15) is 5.58 Å². The van der Waals surface area contributed by atoms with Gasteiger partial charge in [-0.05, 0) is 38.1 Å². The van der Waals surface area contributed by atoms with Crippen molar-refractivity contribution in [3.05, 3.63) is 44.7 Å². The number of hydrazone groups is 1. The zero-order chi connectivity index (χ0) is 15.4. The van der Waals surface area contributed by atoms with Gasteiger partial charge < -0.3 is 9.15 Å². The van der Waals surface area contributed by atoms with Crippen LogP contribution in [-0.4, -0.2) is 18.4 Å². The molecule has 0 saturated carbocycles. The highest BCUT2D eigenvalue weighted by molar-refractivity contribution is 9.10. The van der Waals surface area contributed by atoms with Crippen LogP contribution in [0.1, 0.15) is 19.4 Å². The summed E-state index contributed by atoms with van der Waals surface area (Å²) in [6.07, 6.45) is -0.676. The van der Waals surface area contributed by atoms with Crippen molar-refractivity contribution in [3.63, 3.8) is 0 Å². The number of hydrogen-bond acceptors (Lipinski definition) is 5. The fraction of sp³-hybridized carbons (Fsp3) is 0.214. The fourth-order valence-corrected chi connectivity index (χ4v) is 2.08. The van der Waals surface area contributed by atoms with E-state index in [0.29, 0.717) is 11.3 Å². The highest BCUT2D eigenvalue weighted by atomic mass is 79.9. The molecular weight excluding hydrogens is 340 g/mol. The Kier molecular flexibility index (Phi) is 4.74. The van der Waals surface area contributed by atoms with E-state index in [1.54, 1.807) is 32.0 Å². The molecule has 0 aliphatic carbocycles. The normalized spacial score (nSPS) is 11.5. The first-order chi connectivity index (χ1) is 10.0. The minimum Gasteiger partial charge on any atom is -0.449 e. The zero-order valence-corrected chi connectivity index (χ0v) is 13.1. The number of hydrogen-bond donors (Lipinski definition) is 1. The largest absolute Gasteiger partial charge is 0.449 e. The van der Waals surface area contributed by atoms with Crippen molar-refractivity contribution in [2.24, 2.45) is 5.10 Å². The predicted octanol–water partition coefficient (Wildman–Crippen LogP) is 3.03. The molecule has 1 aromatic heterocycles. The van der Waals surface area contributed by atoms with Crippen LogP contribution in [0.3, 0.4) is 0 Å². The highest BCUT2D eigenvalue weighted by Crippen LogP contribution is 2.19. The standard InChI is InChI=1S/C14H13BrN2O4/c1-3-20-14(19)17-16-8(2)11-7-9-6-10(15)4-5-12(9)21-13(11)18/h4-7H,3H2,1-2H3,(H,17,19)/b16-8-. The lowest BCUT2D eigenvalue weighted by molar-refractivity contribution is 0.152. The average Bonchev–Trinajstić information content (AvgIpc) is 2.45. The van der Waals surface area contributed by atoms with Gasteiger partial charge in [-0.15, -0.1) is 0 Å². The number of carbonyl (C=O) groups excluding carboxylic acids is 1. The van der Waals surface area contributed by atoms with Crippen LogP contribution in [0, 0.1) is 0 Å². The molecular formula is C14H13BrN2O4. The molecule has 0 unspecified atom stereocenters. The van der Waals surface area contributed by atoms with E-state index >= 15 is 0 Å². The van der Waals surface area contributed by atoms with Crippen LogP contribution in [0.4, 0.5) is 4.79 Å². The first kappa shape index (κ1) is 15.2. The van der Waals surface area contributed by atoms with Crippen LogP contribution in [-0.2, 0) is 4.74 Å². The molecule has 1 amide bonds. The third-order valence-electron chi connectivity index (χ3n) is 2.67. The zero-order valence-electron chi connectivity index (χ0n) is 11.5. The number of nitrogens with one attached hydrogen (secondary N) is 1. The molecule has 1 aromatic carbocycles. The Bertz CT molecular complexity index is 767. The Morgan fingerprint density at radius 3 is 2.90 bits per heavy atom. The van der Waals surface area contributed by atoms with Gasteiger partial charge >= 0.3 is 11.7 Å². The van der Waals surface area contributed by atoms with Crippen molar-refractivity contribution in [2.45, 2.75) is 13.8 Å². The Balaban J connectivity index is 2.36. The number of nitrogens with zero attached hydrogens (tertiary/aromatic N) is 1.